The highest BCUT2D eigenvalue weighted by Crippen LogP contribution is 2.46. The first-order chi connectivity index (χ1) is 10.0. The molecule has 3 rings (SSSR count). The fourth-order valence-electron chi connectivity index (χ4n) is 2.59. The van der Waals surface area contributed by atoms with Gasteiger partial charge in [-0.15, -0.1) is 0 Å². The molecular formula is C15H16N2O4. The third kappa shape index (κ3) is 2.37. The molecule has 1 aliphatic heterocycles. The number of nitrogens with one attached hydrogen (secondary N) is 1. The second kappa shape index (κ2) is 4.87. The summed E-state index contributed by atoms with van der Waals surface area (Å²) in [5, 5.41) is 11.7. The fourth-order valence-corrected chi connectivity index (χ4v) is 2.59. The molecule has 2 aliphatic rings. The summed E-state index contributed by atoms with van der Waals surface area (Å²) in [6, 6.07) is 6.96. The van der Waals surface area contributed by atoms with Gasteiger partial charge in [0.25, 0.3) is 0 Å². The van der Waals surface area contributed by atoms with Crippen LogP contribution in [0.5, 0.6) is 0 Å². The Hall–Kier alpha value is -2.37. The number of hydrogen-bond acceptors (Lipinski definition) is 3. The number of carbonyl (C=O) groups is 3. The van der Waals surface area contributed by atoms with Gasteiger partial charge in [0, 0.05) is 24.3 Å². The first-order valence-corrected chi connectivity index (χ1v) is 6.98. The van der Waals surface area contributed by atoms with E-state index < -0.39 is 17.3 Å². The van der Waals surface area contributed by atoms with Crippen LogP contribution in [0.25, 0.3) is 0 Å². The summed E-state index contributed by atoms with van der Waals surface area (Å²) in [4.78, 5) is 36.6. The van der Waals surface area contributed by atoms with Crippen LogP contribution in [0.3, 0.4) is 0 Å². The van der Waals surface area contributed by atoms with E-state index in [1.807, 2.05) is 6.07 Å². The van der Waals surface area contributed by atoms with Crippen molar-refractivity contribution in [1.82, 2.24) is 0 Å². The van der Waals surface area contributed by atoms with Crippen LogP contribution in [0.15, 0.2) is 24.3 Å². The maximum absolute atomic E-state index is 12.1. The average molecular weight is 288 g/mol. The fraction of sp³-hybridized carbons (Fsp3) is 0.400. The number of hydrogen-bond donors (Lipinski definition) is 2. The molecule has 2 amide bonds. The zero-order valence-corrected chi connectivity index (χ0v) is 11.5. The Labute approximate surface area is 121 Å². The van der Waals surface area contributed by atoms with Crippen LogP contribution in [-0.2, 0) is 14.4 Å². The van der Waals surface area contributed by atoms with Crippen molar-refractivity contribution in [3.63, 3.8) is 0 Å². The number of amides is 2. The molecule has 2 N–H and O–H groups in total. The molecule has 2 fully saturated rings. The summed E-state index contributed by atoms with van der Waals surface area (Å²) in [6.45, 7) is 0.676. The monoisotopic (exact) mass is 288 g/mol. The van der Waals surface area contributed by atoms with Gasteiger partial charge in [-0.3, -0.25) is 14.4 Å². The van der Waals surface area contributed by atoms with E-state index in [1.54, 1.807) is 23.1 Å². The Bertz CT molecular complexity index is 622. The molecule has 1 saturated heterocycles. The maximum Gasteiger partial charge on any atom is 0.319 e. The van der Waals surface area contributed by atoms with Gasteiger partial charge in [0.2, 0.25) is 11.8 Å². The predicted molar refractivity (Wildman–Crippen MR) is 76.0 cm³/mol. The summed E-state index contributed by atoms with van der Waals surface area (Å²) in [6.07, 6.45) is 2.12. The minimum Gasteiger partial charge on any atom is -0.480 e. The van der Waals surface area contributed by atoms with E-state index in [4.69, 9.17) is 5.11 Å². The standard InChI is InChI=1S/C15H16N2O4/c18-12-5-2-8-17(12)11-4-1-3-10(9-11)16-13(19)15(6-7-15)14(20)21/h1,3-4,9H,2,5-8H2,(H,16,19)(H,20,21). The smallest absolute Gasteiger partial charge is 0.319 e. The zero-order chi connectivity index (χ0) is 15.0. The molecule has 1 aliphatic carbocycles. The highest BCUT2D eigenvalue weighted by molar-refractivity contribution is 6.11. The number of aliphatic carboxylic acids is 1. The van der Waals surface area contributed by atoms with Crippen molar-refractivity contribution in [3.8, 4) is 0 Å². The minimum atomic E-state index is -1.26. The van der Waals surface area contributed by atoms with E-state index in [2.05, 4.69) is 5.32 Å². The van der Waals surface area contributed by atoms with Crippen molar-refractivity contribution in [1.29, 1.82) is 0 Å². The SMILES string of the molecule is O=C1CCCN1c1cccc(NC(=O)C2(C(=O)O)CC2)c1. The topological polar surface area (TPSA) is 86.7 Å². The van der Waals surface area contributed by atoms with Crippen molar-refractivity contribution >= 4 is 29.2 Å². The molecule has 0 atom stereocenters. The summed E-state index contributed by atoms with van der Waals surface area (Å²) in [5.74, 6) is -1.49. The molecule has 0 bridgehead atoms. The van der Waals surface area contributed by atoms with E-state index in [-0.39, 0.29) is 5.91 Å². The van der Waals surface area contributed by atoms with Gasteiger partial charge >= 0.3 is 5.97 Å². The minimum absolute atomic E-state index is 0.0719. The maximum atomic E-state index is 12.1. The molecule has 1 saturated carbocycles. The van der Waals surface area contributed by atoms with Crippen molar-refractivity contribution in [3.05, 3.63) is 24.3 Å². The number of carboxylic acid groups (broad SMARTS) is 1. The molecule has 0 aromatic heterocycles. The molecule has 110 valence electrons. The lowest BCUT2D eigenvalue weighted by molar-refractivity contribution is -0.147. The molecule has 6 nitrogen and oxygen atoms in total. The summed E-state index contributed by atoms with van der Waals surface area (Å²) in [5.41, 5.74) is -0.0142. The van der Waals surface area contributed by atoms with E-state index in [0.29, 0.717) is 31.5 Å². The number of anilines is 2. The predicted octanol–water partition coefficient (Wildman–Crippen LogP) is 1.62. The third-order valence-electron chi connectivity index (χ3n) is 4.08. The van der Waals surface area contributed by atoms with Crippen LogP contribution in [-0.4, -0.2) is 29.4 Å². The molecule has 6 heteroatoms. The lowest BCUT2D eigenvalue weighted by atomic mass is 10.1. The van der Waals surface area contributed by atoms with E-state index >= 15 is 0 Å². The highest BCUT2D eigenvalue weighted by atomic mass is 16.4. The van der Waals surface area contributed by atoms with Crippen molar-refractivity contribution in [2.75, 3.05) is 16.8 Å². The van der Waals surface area contributed by atoms with Gasteiger partial charge in [0.15, 0.2) is 0 Å². The van der Waals surface area contributed by atoms with Gasteiger partial charge in [0.1, 0.15) is 5.41 Å². The van der Waals surface area contributed by atoms with Gasteiger partial charge in [-0.2, -0.15) is 0 Å². The lowest BCUT2D eigenvalue weighted by Crippen LogP contribution is -2.31. The van der Waals surface area contributed by atoms with Crippen LogP contribution in [0, 0.1) is 5.41 Å². The summed E-state index contributed by atoms with van der Waals surface area (Å²) < 4.78 is 0. The van der Waals surface area contributed by atoms with Crippen molar-refractivity contribution in [2.24, 2.45) is 5.41 Å². The molecule has 0 unspecified atom stereocenters. The normalized spacial score (nSPS) is 19.4. The summed E-state index contributed by atoms with van der Waals surface area (Å²) in [7, 11) is 0. The quantitative estimate of drug-likeness (QED) is 0.824. The lowest BCUT2D eigenvalue weighted by Gasteiger charge is -2.17. The largest absolute Gasteiger partial charge is 0.480 e. The van der Waals surface area contributed by atoms with Crippen LogP contribution >= 0.6 is 0 Å². The molecule has 1 heterocycles. The second-order valence-corrected chi connectivity index (χ2v) is 5.54. The van der Waals surface area contributed by atoms with Crippen LogP contribution in [0.1, 0.15) is 25.7 Å². The van der Waals surface area contributed by atoms with E-state index in [9.17, 15) is 14.4 Å². The Kier molecular flexibility index (Phi) is 3.16. The van der Waals surface area contributed by atoms with Gasteiger partial charge in [-0.05, 0) is 37.5 Å². The summed E-state index contributed by atoms with van der Waals surface area (Å²) >= 11 is 0. The molecule has 0 radical (unpaired) electrons. The number of rotatable bonds is 4. The van der Waals surface area contributed by atoms with Gasteiger partial charge in [0.05, 0.1) is 0 Å². The molecule has 1 aromatic carbocycles. The first-order valence-electron chi connectivity index (χ1n) is 6.98. The highest BCUT2D eigenvalue weighted by Gasteiger charge is 2.57. The molecular weight excluding hydrogens is 272 g/mol. The average Bonchev–Trinajstić information content (AvgIpc) is 3.17. The van der Waals surface area contributed by atoms with Gasteiger partial charge in [-0.25, -0.2) is 0 Å². The van der Waals surface area contributed by atoms with Crippen LogP contribution in [0.2, 0.25) is 0 Å². The second-order valence-electron chi connectivity index (χ2n) is 5.54. The Morgan fingerprint density at radius 3 is 2.62 bits per heavy atom. The Morgan fingerprint density at radius 1 is 1.29 bits per heavy atom. The molecule has 1 aromatic rings. The first kappa shape index (κ1) is 13.6. The molecule has 0 spiro atoms. The van der Waals surface area contributed by atoms with Gasteiger partial charge in [-0.1, -0.05) is 6.07 Å². The number of carbonyl (C=O) groups excluding carboxylic acids is 2. The zero-order valence-electron chi connectivity index (χ0n) is 11.5. The van der Waals surface area contributed by atoms with Crippen LogP contribution < -0.4 is 10.2 Å². The molecule has 21 heavy (non-hydrogen) atoms. The van der Waals surface area contributed by atoms with E-state index in [0.717, 1.165) is 12.1 Å². The Morgan fingerprint density at radius 2 is 2.05 bits per heavy atom. The van der Waals surface area contributed by atoms with Crippen LogP contribution in [0.4, 0.5) is 11.4 Å². The third-order valence-corrected chi connectivity index (χ3v) is 4.08. The Balaban J connectivity index is 1.76. The number of carboxylic acids is 1. The van der Waals surface area contributed by atoms with Gasteiger partial charge < -0.3 is 15.3 Å². The number of benzene rings is 1. The van der Waals surface area contributed by atoms with E-state index in [1.165, 1.54) is 0 Å². The number of nitrogens with zero attached hydrogens (tertiary/aromatic N) is 1. The van der Waals surface area contributed by atoms with Crippen molar-refractivity contribution in [2.45, 2.75) is 25.7 Å². The van der Waals surface area contributed by atoms with Crippen molar-refractivity contribution < 1.29 is 19.5 Å².